The van der Waals surface area contributed by atoms with Gasteiger partial charge in [-0.1, -0.05) is 60.2 Å². The van der Waals surface area contributed by atoms with Crippen LogP contribution in [0.5, 0.6) is 0 Å². The van der Waals surface area contributed by atoms with Crippen LogP contribution in [0.25, 0.3) is 0 Å². The molecule has 158 valence electrons. The summed E-state index contributed by atoms with van der Waals surface area (Å²) < 4.78 is 1.90. The van der Waals surface area contributed by atoms with E-state index in [9.17, 15) is 9.59 Å². The molecule has 1 aromatic heterocycles. The van der Waals surface area contributed by atoms with Crippen LogP contribution in [0, 0.1) is 20.8 Å². The predicted octanol–water partition coefficient (Wildman–Crippen LogP) is 3.66. The number of aryl methyl sites for hydroxylation is 2. The highest BCUT2D eigenvalue weighted by Gasteiger charge is 2.49. The molecule has 2 aromatic carbocycles. The summed E-state index contributed by atoms with van der Waals surface area (Å²) in [6.45, 7) is 8.22. The van der Waals surface area contributed by atoms with E-state index in [-0.39, 0.29) is 0 Å². The molecule has 0 radical (unpaired) electrons. The zero-order valence-corrected chi connectivity index (χ0v) is 18.1. The molecule has 1 saturated heterocycles. The third kappa shape index (κ3) is 3.74. The number of nitrogens with zero attached hydrogens (tertiary/aromatic N) is 4. The van der Waals surface area contributed by atoms with E-state index in [1.165, 1.54) is 11.8 Å². The van der Waals surface area contributed by atoms with E-state index in [0.29, 0.717) is 12.1 Å². The van der Waals surface area contributed by atoms with Gasteiger partial charge in [0.25, 0.3) is 5.91 Å². The maximum absolute atomic E-state index is 13.0. The molecule has 31 heavy (non-hydrogen) atoms. The Hall–Kier alpha value is -3.74. The number of carbonyl (C=O) groups is 2. The molecule has 1 aliphatic heterocycles. The van der Waals surface area contributed by atoms with Crippen LogP contribution in [-0.4, -0.2) is 32.9 Å². The smallest absolute Gasteiger partial charge is 0.318 e. The van der Waals surface area contributed by atoms with E-state index in [4.69, 9.17) is 0 Å². The summed E-state index contributed by atoms with van der Waals surface area (Å²) in [6.07, 6.45) is 1.54. The largest absolute Gasteiger partial charge is 0.346 e. The number of hydrazone groups is 1. The normalized spacial score (nSPS) is 18.8. The van der Waals surface area contributed by atoms with E-state index >= 15 is 0 Å². The van der Waals surface area contributed by atoms with Crippen molar-refractivity contribution in [3.05, 3.63) is 88.2 Å². The number of amides is 3. The number of nitrogens with one attached hydrogen (secondary N) is 1. The second-order valence-corrected chi connectivity index (χ2v) is 8.01. The molecule has 1 atom stereocenters. The van der Waals surface area contributed by atoms with Gasteiger partial charge in [0.1, 0.15) is 5.54 Å². The number of urea groups is 1. The average molecular weight is 415 g/mol. The predicted molar refractivity (Wildman–Crippen MR) is 119 cm³/mol. The summed E-state index contributed by atoms with van der Waals surface area (Å²) >= 11 is 0. The van der Waals surface area contributed by atoms with Crippen LogP contribution in [-0.2, 0) is 16.9 Å². The maximum atomic E-state index is 13.0. The van der Waals surface area contributed by atoms with Gasteiger partial charge < -0.3 is 5.32 Å². The molecule has 0 saturated carbocycles. The van der Waals surface area contributed by atoms with Gasteiger partial charge in [-0.3, -0.25) is 9.48 Å². The molecule has 1 fully saturated rings. The fourth-order valence-electron chi connectivity index (χ4n) is 3.73. The molecule has 2 heterocycles. The lowest BCUT2D eigenvalue weighted by Gasteiger charge is -2.20. The van der Waals surface area contributed by atoms with Crippen LogP contribution >= 0.6 is 0 Å². The fourth-order valence-corrected chi connectivity index (χ4v) is 3.73. The lowest BCUT2D eigenvalue weighted by molar-refractivity contribution is -0.131. The summed E-state index contributed by atoms with van der Waals surface area (Å²) in [5.74, 6) is -0.415. The number of rotatable bonds is 5. The quantitative estimate of drug-likeness (QED) is 0.510. The van der Waals surface area contributed by atoms with Crippen LogP contribution < -0.4 is 5.32 Å². The monoisotopic (exact) mass is 415 g/mol. The van der Waals surface area contributed by atoms with Crippen LogP contribution in [0.15, 0.2) is 59.7 Å². The van der Waals surface area contributed by atoms with Gasteiger partial charge >= 0.3 is 6.03 Å². The molecular formula is C24H25N5O2. The lowest BCUT2D eigenvalue weighted by Crippen LogP contribution is -2.40. The number of aromatic nitrogens is 2. The molecule has 1 N–H and O–H groups in total. The Labute approximate surface area is 181 Å². The number of imide groups is 1. The first-order valence-electron chi connectivity index (χ1n) is 10.2. The van der Waals surface area contributed by atoms with Crippen LogP contribution in [0.1, 0.15) is 40.6 Å². The van der Waals surface area contributed by atoms with Crippen molar-refractivity contribution in [1.29, 1.82) is 0 Å². The molecule has 0 spiro atoms. The van der Waals surface area contributed by atoms with Gasteiger partial charge in [0.15, 0.2) is 0 Å². The Balaban J connectivity index is 1.57. The minimum Gasteiger partial charge on any atom is -0.318 e. The van der Waals surface area contributed by atoms with Gasteiger partial charge in [-0.15, -0.1) is 5.01 Å². The van der Waals surface area contributed by atoms with Gasteiger partial charge in [-0.05, 0) is 38.8 Å². The van der Waals surface area contributed by atoms with E-state index in [0.717, 1.165) is 27.5 Å². The van der Waals surface area contributed by atoms with Crippen molar-refractivity contribution in [3.8, 4) is 0 Å². The number of hydrogen-bond acceptors (Lipinski definition) is 4. The topological polar surface area (TPSA) is 79.6 Å². The van der Waals surface area contributed by atoms with Crippen molar-refractivity contribution < 1.29 is 9.59 Å². The van der Waals surface area contributed by atoms with Crippen molar-refractivity contribution in [1.82, 2.24) is 20.1 Å². The first kappa shape index (κ1) is 20.5. The van der Waals surface area contributed by atoms with E-state index in [1.807, 2.05) is 48.9 Å². The lowest BCUT2D eigenvalue weighted by atomic mass is 9.92. The van der Waals surface area contributed by atoms with Gasteiger partial charge in [-0.2, -0.15) is 10.2 Å². The summed E-state index contributed by atoms with van der Waals surface area (Å²) in [5, 5.41) is 12.5. The van der Waals surface area contributed by atoms with Crippen LogP contribution in [0.2, 0.25) is 0 Å². The highest BCUT2D eigenvalue weighted by Crippen LogP contribution is 2.28. The SMILES string of the molecule is Cc1ccc(Cn2nc(C)c(/C=N\N3C(=O)N[C@](C)(c4ccccc4)C3=O)c2C)cc1. The summed E-state index contributed by atoms with van der Waals surface area (Å²) in [4.78, 5) is 25.5. The summed E-state index contributed by atoms with van der Waals surface area (Å²) in [7, 11) is 0. The van der Waals surface area contributed by atoms with Crippen molar-refractivity contribution >= 4 is 18.2 Å². The van der Waals surface area contributed by atoms with Gasteiger partial charge in [0, 0.05) is 11.3 Å². The van der Waals surface area contributed by atoms with Crippen molar-refractivity contribution in [2.24, 2.45) is 5.10 Å². The van der Waals surface area contributed by atoms with Gasteiger partial charge in [-0.25, -0.2) is 4.79 Å². The molecule has 0 bridgehead atoms. The first-order valence-corrected chi connectivity index (χ1v) is 10.2. The van der Waals surface area contributed by atoms with Crippen molar-refractivity contribution in [3.63, 3.8) is 0 Å². The molecule has 0 unspecified atom stereocenters. The Kier molecular flexibility index (Phi) is 5.19. The third-order valence-electron chi connectivity index (χ3n) is 5.71. The minimum absolute atomic E-state index is 0.415. The van der Waals surface area contributed by atoms with E-state index < -0.39 is 17.5 Å². The Morgan fingerprint density at radius 1 is 1.03 bits per heavy atom. The summed E-state index contributed by atoms with van der Waals surface area (Å²) in [6, 6.07) is 16.9. The Morgan fingerprint density at radius 3 is 2.39 bits per heavy atom. The molecule has 3 aromatic rings. The fraction of sp³-hybridized carbons (Fsp3) is 0.250. The zero-order chi connectivity index (χ0) is 22.2. The number of benzene rings is 2. The highest BCUT2D eigenvalue weighted by atomic mass is 16.2. The molecule has 4 rings (SSSR count). The third-order valence-corrected chi connectivity index (χ3v) is 5.71. The Morgan fingerprint density at radius 2 is 1.71 bits per heavy atom. The van der Waals surface area contributed by atoms with Crippen LogP contribution in [0.4, 0.5) is 4.79 Å². The molecule has 7 nitrogen and oxygen atoms in total. The van der Waals surface area contributed by atoms with E-state index in [1.54, 1.807) is 6.92 Å². The second kappa shape index (κ2) is 7.83. The number of carbonyl (C=O) groups excluding carboxylic acids is 2. The van der Waals surface area contributed by atoms with Crippen molar-refractivity contribution in [2.75, 3.05) is 0 Å². The average Bonchev–Trinajstić information content (AvgIpc) is 3.15. The standard InChI is InChI=1S/C24H25N5O2/c1-16-10-12-19(13-11-16)15-28-18(3)21(17(2)27-28)14-25-29-22(30)24(4,26-23(29)31)20-8-6-5-7-9-20/h5-14H,15H2,1-4H3,(H,26,31)/b25-14-/t24-/m1/s1. The maximum Gasteiger partial charge on any atom is 0.346 e. The number of hydrogen-bond donors (Lipinski definition) is 1. The highest BCUT2D eigenvalue weighted by molar-refractivity contribution is 6.07. The van der Waals surface area contributed by atoms with Gasteiger partial charge in [0.05, 0.1) is 18.5 Å². The zero-order valence-electron chi connectivity index (χ0n) is 18.1. The molecule has 3 amide bonds. The van der Waals surface area contributed by atoms with Crippen molar-refractivity contribution in [2.45, 2.75) is 39.8 Å². The second-order valence-electron chi connectivity index (χ2n) is 8.01. The molecule has 7 heteroatoms. The Bertz CT molecular complexity index is 1160. The minimum atomic E-state index is -1.14. The van der Waals surface area contributed by atoms with Crippen LogP contribution in [0.3, 0.4) is 0 Å². The molecule has 0 aliphatic carbocycles. The molecular weight excluding hydrogens is 390 g/mol. The van der Waals surface area contributed by atoms with E-state index in [2.05, 4.69) is 46.7 Å². The van der Waals surface area contributed by atoms with Gasteiger partial charge in [0.2, 0.25) is 0 Å². The molecule has 1 aliphatic rings. The summed E-state index contributed by atoms with van der Waals surface area (Å²) in [5.41, 5.74) is 4.42. The first-order chi connectivity index (χ1) is 14.8.